The molecule has 0 bridgehead atoms. The number of rotatable bonds is 2. The summed E-state index contributed by atoms with van der Waals surface area (Å²) in [5.41, 5.74) is 0. The first-order chi connectivity index (χ1) is 6.07. The van der Waals surface area contributed by atoms with Gasteiger partial charge in [0, 0.05) is 5.92 Å². The van der Waals surface area contributed by atoms with E-state index in [0.717, 1.165) is 0 Å². The lowest BCUT2D eigenvalue weighted by atomic mass is 9.84. The number of hydrogen-bond acceptors (Lipinski definition) is 4. The zero-order valence-corrected chi connectivity index (χ0v) is 8.05. The summed E-state index contributed by atoms with van der Waals surface area (Å²) in [6, 6.07) is 0. The Morgan fingerprint density at radius 3 is 2.38 bits per heavy atom. The Balaban J connectivity index is 2.59. The van der Waals surface area contributed by atoms with Crippen LogP contribution in [-0.4, -0.2) is 46.8 Å². The molecule has 1 rings (SSSR count). The van der Waals surface area contributed by atoms with Gasteiger partial charge in [0.25, 0.3) is 0 Å². The molecule has 1 aliphatic rings. The van der Waals surface area contributed by atoms with Crippen molar-refractivity contribution in [3.05, 3.63) is 0 Å². The minimum absolute atomic E-state index is 0.0437. The summed E-state index contributed by atoms with van der Waals surface area (Å²) in [4.78, 5) is 0. The molecular formula is C9H18O4. The van der Waals surface area contributed by atoms with Gasteiger partial charge < -0.3 is 20.1 Å². The minimum atomic E-state index is -0.967. The summed E-state index contributed by atoms with van der Waals surface area (Å²) in [6.07, 6.45) is -2.39. The molecule has 1 fully saturated rings. The van der Waals surface area contributed by atoms with E-state index < -0.39 is 18.3 Å². The monoisotopic (exact) mass is 190 g/mol. The van der Waals surface area contributed by atoms with Crippen molar-refractivity contribution in [3.8, 4) is 0 Å². The van der Waals surface area contributed by atoms with Crippen molar-refractivity contribution in [2.45, 2.75) is 32.2 Å². The van der Waals surface area contributed by atoms with Crippen molar-refractivity contribution in [2.75, 3.05) is 13.2 Å². The van der Waals surface area contributed by atoms with Crippen LogP contribution in [0.3, 0.4) is 0 Å². The van der Waals surface area contributed by atoms with Gasteiger partial charge in [0.15, 0.2) is 0 Å². The molecule has 78 valence electrons. The average Bonchev–Trinajstić information content (AvgIpc) is 2.09. The molecule has 1 saturated heterocycles. The molecule has 0 amide bonds. The van der Waals surface area contributed by atoms with Crippen LogP contribution in [0.1, 0.15) is 13.8 Å². The van der Waals surface area contributed by atoms with Gasteiger partial charge >= 0.3 is 0 Å². The van der Waals surface area contributed by atoms with Crippen molar-refractivity contribution < 1.29 is 20.1 Å². The fourth-order valence-corrected chi connectivity index (χ4v) is 1.65. The second kappa shape index (κ2) is 4.37. The van der Waals surface area contributed by atoms with Gasteiger partial charge in [-0.2, -0.15) is 0 Å². The van der Waals surface area contributed by atoms with Gasteiger partial charge in [-0.1, -0.05) is 13.8 Å². The fourth-order valence-electron chi connectivity index (χ4n) is 1.65. The highest BCUT2D eigenvalue weighted by molar-refractivity contribution is 4.87. The van der Waals surface area contributed by atoms with Gasteiger partial charge in [0.1, 0.15) is 12.2 Å². The highest BCUT2D eigenvalue weighted by Crippen LogP contribution is 2.25. The predicted octanol–water partition coefficient (Wildman–Crippen LogP) is -0.629. The molecule has 0 spiro atoms. The van der Waals surface area contributed by atoms with Crippen LogP contribution >= 0.6 is 0 Å². The van der Waals surface area contributed by atoms with Crippen molar-refractivity contribution in [1.82, 2.24) is 0 Å². The third-order valence-corrected chi connectivity index (χ3v) is 2.71. The van der Waals surface area contributed by atoms with Crippen LogP contribution in [0.5, 0.6) is 0 Å². The quantitative estimate of drug-likeness (QED) is 0.542. The molecule has 0 radical (unpaired) electrons. The lowest BCUT2D eigenvalue weighted by Crippen LogP contribution is -2.52. The molecule has 0 saturated carbocycles. The summed E-state index contributed by atoms with van der Waals surface area (Å²) in [7, 11) is 0. The second-order valence-electron chi connectivity index (χ2n) is 3.94. The third kappa shape index (κ3) is 2.20. The SMILES string of the molecule is CC(C)C1COC(CO)C(O)C1O. The maximum Gasteiger partial charge on any atom is 0.109 e. The molecule has 0 aromatic carbocycles. The van der Waals surface area contributed by atoms with E-state index in [1.165, 1.54) is 0 Å². The van der Waals surface area contributed by atoms with Crippen molar-refractivity contribution in [2.24, 2.45) is 11.8 Å². The topological polar surface area (TPSA) is 69.9 Å². The van der Waals surface area contributed by atoms with Crippen LogP contribution < -0.4 is 0 Å². The highest BCUT2D eigenvalue weighted by Gasteiger charge is 2.38. The van der Waals surface area contributed by atoms with Crippen LogP contribution in [0.25, 0.3) is 0 Å². The van der Waals surface area contributed by atoms with Crippen LogP contribution in [0, 0.1) is 11.8 Å². The zero-order chi connectivity index (χ0) is 10.0. The van der Waals surface area contributed by atoms with Crippen LogP contribution in [0.15, 0.2) is 0 Å². The first-order valence-corrected chi connectivity index (χ1v) is 4.66. The highest BCUT2D eigenvalue weighted by atomic mass is 16.5. The molecule has 0 aliphatic carbocycles. The molecule has 4 heteroatoms. The first kappa shape index (κ1) is 10.9. The standard InChI is InChI=1S/C9H18O4/c1-5(2)6-4-13-7(3-10)9(12)8(6)11/h5-12H,3-4H2,1-2H3. The van der Waals surface area contributed by atoms with Gasteiger partial charge in [0.2, 0.25) is 0 Å². The third-order valence-electron chi connectivity index (χ3n) is 2.71. The van der Waals surface area contributed by atoms with Gasteiger partial charge in [-0.25, -0.2) is 0 Å². The van der Waals surface area contributed by atoms with E-state index in [0.29, 0.717) is 6.61 Å². The average molecular weight is 190 g/mol. The lowest BCUT2D eigenvalue weighted by Gasteiger charge is -2.38. The van der Waals surface area contributed by atoms with Crippen LogP contribution in [0.4, 0.5) is 0 Å². The van der Waals surface area contributed by atoms with Crippen molar-refractivity contribution in [3.63, 3.8) is 0 Å². The molecule has 3 N–H and O–H groups in total. The van der Waals surface area contributed by atoms with E-state index >= 15 is 0 Å². The Morgan fingerprint density at radius 2 is 1.92 bits per heavy atom. The molecule has 4 atom stereocenters. The van der Waals surface area contributed by atoms with E-state index in [9.17, 15) is 10.2 Å². The maximum absolute atomic E-state index is 9.67. The Labute approximate surface area is 78.1 Å². The van der Waals surface area contributed by atoms with Crippen LogP contribution in [0.2, 0.25) is 0 Å². The summed E-state index contributed by atoms with van der Waals surface area (Å²) in [6.45, 7) is 4.11. The predicted molar refractivity (Wildman–Crippen MR) is 47.2 cm³/mol. The molecule has 0 aromatic heterocycles. The zero-order valence-electron chi connectivity index (χ0n) is 8.05. The summed E-state index contributed by atoms with van der Waals surface area (Å²) < 4.78 is 5.22. The molecule has 1 heterocycles. The van der Waals surface area contributed by atoms with Gasteiger partial charge in [-0.05, 0) is 5.92 Å². The largest absolute Gasteiger partial charge is 0.394 e. The van der Waals surface area contributed by atoms with Gasteiger partial charge in [-0.3, -0.25) is 0 Å². The smallest absolute Gasteiger partial charge is 0.109 e. The molecule has 0 aromatic rings. The van der Waals surface area contributed by atoms with E-state index in [1.807, 2.05) is 13.8 Å². The van der Waals surface area contributed by atoms with E-state index in [4.69, 9.17) is 9.84 Å². The fraction of sp³-hybridized carbons (Fsp3) is 1.00. The summed E-state index contributed by atoms with van der Waals surface area (Å²) in [5, 5.41) is 28.0. The molecule has 1 aliphatic heterocycles. The summed E-state index contributed by atoms with van der Waals surface area (Å²) in [5.74, 6) is 0.224. The van der Waals surface area contributed by atoms with E-state index in [2.05, 4.69) is 0 Å². The maximum atomic E-state index is 9.67. The molecule has 4 nitrogen and oxygen atoms in total. The number of aliphatic hydroxyl groups excluding tert-OH is 3. The molecule has 13 heavy (non-hydrogen) atoms. The van der Waals surface area contributed by atoms with E-state index in [1.54, 1.807) is 0 Å². The Hall–Kier alpha value is -0.160. The Bertz CT molecular complexity index is 160. The number of hydrogen-bond donors (Lipinski definition) is 3. The number of ether oxygens (including phenoxy) is 1. The van der Waals surface area contributed by atoms with E-state index in [-0.39, 0.29) is 18.4 Å². The van der Waals surface area contributed by atoms with Gasteiger partial charge in [0.05, 0.1) is 19.3 Å². The molecular weight excluding hydrogens is 172 g/mol. The molecule has 4 unspecified atom stereocenters. The van der Waals surface area contributed by atoms with Crippen molar-refractivity contribution in [1.29, 1.82) is 0 Å². The number of aliphatic hydroxyl groups is 3. The van der Waals surface area contributed by atoms with Crippen LogP contribution in [-0.2, 0) is 4.74 Å². The summed E-state index contributed by atoms with van der Waals surface area (Å²) >= 11 is 0. The second-order valence-corrected chi connectivity index (χ2v) is 3.94. The normalized spacial score (nSPS) is 41.1. The van der Waals surface area contributed by atoms with Crippen molar-refractivity contribution >= 4 is 0 Å². The lowest BCUT2D eigenvalue weighted by molar-refractivity contribution is -0.182. The van der Waals surface area contributed by atoms with Gasteiger partial charge in [-0.15, -0.1) is 0 Å². The minimum Gasteiger partial charge on any atom is -0.394 e. The first-order valence-electron chi connectivity index (χ1n) is 4.66. The Morgan fingerprint density at radius 1 is 1.31 bits per heavy atom. The Kier molecular flexibility index (Phi) is 3.67.